The van der Waals surface area contributed by atoms with Gasteiger partial charge in [0.1, 0.15) is 0 Å². The summed E-state index contributed by atoms with van der Waals surface area (Å²) in [4.78, 5) is 29.3. The molecule has 2 N–H and O–H groups in total. The fourth-order valence-corrected chi connectivity index (χ4v) is 4.17. The van der Waals surface area contributed by atoms with Gasteiger partial charge < -0.3 is 19.7 Å². The van der Waals surface area contributed by atoms with Crippen molar-refractivity contribution >= 4 is 11.9 Å². The van der Waals surface area contributed by atoms with E-state index in [9.17, 15) is 26.3 Å². The van der Waals surface area contributed by atoms with Crippen molar-refractivity contribution in [3.8, 4) is 0 Å². The second-order valence-electron chi connectivity index (χ2n) is 9.00. The van der Waals surface area contributed by atoms with Crippen LogP contribution < -0.4 is 0 Å². The number of hydrogen-bond acceptors (Lipinski definition) is 7. The molecule has 3 heterocycles. The van der Waals surface area contributed by atoms with E-state index in [4.69, 9.17) is 29.3 Å². The fraction of sp³-hybridized carbons (Fsp3) is 0.520. The van der Waals surface area contributed by atoms with Gasteiger partial charge in [0, 0.05) is 31.0 Å². The standard InChI is InChI=1S/C21H27N3O2.2C2HF3O2/c1-16-5-4-7-19(23-16)15-25-14-17-11-20-21(12-17)26-10-9-24(20)13-18-6-2-3-8-22-18;2*3-2(4,5)1(6)7/h2-8,17,20-21H,9-15H2,1H3;2*(H,6,7)/t17?,20-,21-;;/m1../s1. The van der Waals surface area contributed by atoms with Crippen LogP contribution in [0.3, 0.4) is 0 Å². The Morgan fingerprint density at radius 1 is 1.00 bits per heavy atom. The molecule has 9 nitrogen and oxygen atoms in total. The first-order chi connectivity index (χ1) is 18.7. The van der Waals surface area contributed by atoms with E-state index in [1.54, 1.807) is 0 Å². The molecule has 1 aliphatic heterocycles. The molecule has 15 heteroatoms. The molecule has 3 atom stereocenters. The first-order valence-electron chi connectivity index (χ1n) is 12.0. The van der Waals surface area contributed by atoms with Gasteiger partial charge in [0.25, 0.3) is 0 Å². The number of hydrogen-bond donors (Lipinski definition) is 2. The monoisotopic (exact) mass is 581 g/mol. The van der Waals surface area contributed by atoms with Gasteiger partial charge in [-0.3, -0.25) is 14.9 Å². The molecular formula is C25H29F6N3O6. The molecule has 222 valence electrons. The molecule has 1 unspecified atom stereocenters. The number of aryl methyl sites for hydroxylation is 1. The van der Waals surface area contributed by atoms with E-state index in [0.717, 1.165) is 56.2 Å². The predicted octanol–water partition coefficient (Wildman–Crippen LogP) is 4.25. The summed E-state index contributed by atoms with van der Waals surface area (Å²) < 4.78 is 75.5. The summed E-state index contributed by atoms with van der Waals surface area (Å²) in [5.74, 6) is -4.96. The maximum atomic E-state index is 10.6. The number of carboxylic acid groups (broad SMARTS) is 2. The normalized spacial score (nSPS) is 20.8. The summed E-state index contributed by atoms with van der Waals surface area (Å²) in [5, 5.41) is 14.2. The van der Waals surface area contributed by atoms with Crippen LogP contribution in [0.5, 0.6) is 0 Å². The summed E-state index contributed by atoms with van der Waals surface area (Å²) in [6.07, 6.45) is -5.74. The Balaban J connectivity index is 0.000000333. The van der Waals surface area contributed by atoms with Gasteiger partial charge in [0.05, 0.1) is 37.3 Å². The van der Waals surface area contributed by atoms with Crippen molar-refractivity contribution in [1.82, 2.24) is 14.9 Å². The Hall–Kier alpha value is -3.30. The fourth-order valence-electron chi connectivity index (χ4n) is 4.17. The lowest BCUT2D eigenvalue weighted by molar-refractivity contribution is -0.193. The Kier molecular flexibility index (Phi) is 12.3. The van der Waals surface area contributed by atoms with Crippen molar-refractivity contribution < 1.29 is 55.6 Å². The zero-order chi connectivity index (χ0) is 29.9. The minimum absolute atomic E-state index is 0.332. The van der Waals surface area contributed by atoms with E-state index in [-0.39, 0.29) is 0 Å². The molecule has 1 saturated carbocycles. The molecule has 1 aliphatic carbocycles. The van der Waals surface area contributed by atoms with Crippen LogP contribution in [0.2, 0.25) is 0 Å². The van der Waals surface area contributed by atoms with Crippen molar-refractivity contribution in [3.63, 3.8) is 0 Å². The number of carboxylic acids is 2. The van der Waals surface area contributed by atoms with Crippen molar-refractivity contribution in [2.45, 2.75) is 57.4 Å². The van der Waals surface area contributed by atoms with Crippen molar-refractivity contribution in [3.05, 3.63) is 59.7 Å². The Morgan fingerprint density at radius 3 is 2.17 bits per heavy atom. The van der Waals surface area contributed by atoms with Gasteiger partial charge in [-0.15, -0.1) is 0 Å². The number of alkyl halides is 6. The molecule has 2 aromatic rings. The van der Waals surface area contributed by atoms with Crippen molar-refractivity contribution in [1.29, 1.82) is 0 Å². The Labute approximate surface area is 225 Å². The summed E-state index contributed by atoms with van der Waals surface area (Å²) in [7, 11) is 0. The topological polar surface area (TPSA) is 122 Å². The molecule has 4 rings (SSSR count). The van der Waals surface area contributed by atoms with Crippen molar-refractivity contribution in [2.24, 2.45) is 5.92 Å². The van der Waals surface area contributed by atoms with Crippen LogP contribution in [-0.4, -0.2) is 81.3 Å². The number of pyridine rings is 2. The lowest BCUT2D eigenvalue weighted by atomic mass is 10.1. The quantitative estimate of drug-likeness (QED) is 0.483. The van der Waals surface area contributed by atoms with Crippen LogP contribution in [0.25, 0.3) is 0 Å². The largest absolute Gasteiger partial charge is 0.490 e. The SMILES string of the molecule is Cc1cccc(COCC2C[C@@H]3[C@@H](C2)OCCN3Cc2ccccn2)n1.O=C(O)C(F)(F)F.O=C(O)C(F)(F)F. The highest BCUT2D eigenvalue weighted by atomic mass is 19.4. The van der Waals surface area contributed by atoms with Crippen LogP contribution in [-0.2, 0) is 32.2 Å². The maximum absolute atomic E-state index is 10.6. The van der Waals surface area contributed by atoms with Crippen LogP contribution in [0, 0.1) is 12.8 Å². The van der Waals surface area contributed by atoms with E-state index in [2.05, 4.69) is 27.0 Å². The molecule has 0 radical (unpaired) electrons. The van der Waals surface area contributed by atoms with Gasteiger partial charge in [-0.05, 0) is 49.9 Å². The number of morpholine rings is 1. The third kappa shape index (κ3) is 11.4. The van der Waals surface area contributed by atoms with Gasteiger partial charge in [0.2, 0.25) is 0 Å². The molecule has 0 bridgehead atoms. The van der Waals surface area contributed by atoms with E-state index in [1.807, 2.05) is 37.4 Å². The summed E-state index contributed by atoms with van der Waals surface area (Å²) in [5.41, 5.74) is 3.18. The molecule has 1 saturated heterocycles. The van der Waals surface area contributed by atoms with E-state index < -0.39 is 24.3 Å². The molecule has 2 aliphatic rings. The van der Waals surface area contributed by atoms with E-state index in [1.165, 1.54) is 0 Å². The van der Waals surface area contributed by atoms with E-state index in [0.29, 0.717) is 24.7 Å². The number of aromatic nitrogens is 2. The highest BCUT2D eigenvalue weighted by Gasteiger charge is 2.41. The summed E-state index contributed by atoms with van der Waals surface area (Å²) in [6.45, 7) is 6.09. The molecule has 0 amide bonds. The van der Waals surface area contributed by atoms with Crippen LogP contribution >= 0.6 is 0 Å². The number of aliphatic carboxylic acids is 2. The highest BCUT2D eigenvalue weighted by molar-refractivity contribution is 5.73. The lowest BCUT2D eigenvalue weighted by Crippen LogP contribution is -2.47. The average Bonchev–Trinajstić information content (AvgIpc) is 3.28. The van der Waals surface area contributed by atoms with Crippen LogP contribution in [0.15, 0.2) is 42.6 Å². The Bertz CT molecular complexity index is 1060. The van der Waals surface area contributed by atoms with Gasteiger partial charge in [-0.25, -0.2) is 9.59 Å². The molecular weight excluding hydrogens is 552 g/mol. The summed E-state index contributed by atoms with van der Waals surface area (Å²) in [6, 6.07) is 12.7. The van der Waals surface area contributed by atoms with Gasteiger partial charge >= 0.3 is 24.3 Å². The molecule has 40 heavy (non-hydrogen) atoms. The first kappa shape index (κ1) is 32.9. The number of fused-ring (bicyclic) bond motifs is 1. The minimum Gasteiger partial charge on any atom is -0.475 e. The third-order valence-electron chi connectivity index (χ3n) is 5.87. The number of halogens is 6. The molecule has 0 spiro atoms. The van der Waals surface area contributed by atoms with Crippen molar-refractivity contribution in [2.75, 3.05) is 19.8 Å². The molecule has 0 aromatic carbocycles. The minimum atomic E-state index is -5.08. The number of ether oxygens (including phenoxy) is 2. The highest BCUT2D eigenvalue weighted by Crippen LogP contribution is 2.35. The third-order valence-corrected chi connectivity index (χ3v) is 5.87. The zero-order valence-electron chi connectivity index (χ0n) is 21.4. The molecule has 2 aromatic heterocycles. The lowest BCUT2D eigenvalue weighted by Gasteiger charge is -2.37. The number of rotatable bonds is 6. The molecule has 2 fully saturated rings. The number of nitrogens with zero attached hydrogens (tertiary/aromatic N) is 3. The smallest absolute Gasteiger partial charge is 0.475 e. The number of carbonyl (C=O) groups is 2. The van der Waals surface area contributed by atoms with Crippen LogP contribution in [0.1, 0.15) is 29.9 Å². The Morgan fingerprint density at radius 2 is 1.62 bits per heavy atom. The van der Waals surface area contributed by atoms with E-state index >= 15 is 0 Å². The van der Waals surface area contributed by atoms with Gasteiger partial charge in [-0.2, -0.15) is 26.3 Å². The average molecular weight is 582 g/mol. The maximum Gasteiger partial charge on any atom is 0.490 e. The predicted molar refractivity (Wildman–Crippen MR) is 127 cm³/mol. The second kappa shape index (κ2) is 14.9. The zero-order valence-corrected chi connectivity index (χ0v) is 21.4. The van der Waals surface area contributed by atoms with Crippen LogP contribution in [0.4, 0.5) is 26.3 Å². The summed E-state index contributed by atoms with van der Waals surface area (Å²) >= 11 is 0. The van der Waals surface area contributed by atoms with Gasteiger partial charge in [0.15, 0.2) is 0 Å². The van der Waals surface area contributed by atoms with Gasteiger partial charge in [-0.1, -0.05) is 12.1 Å². The second-order valence-corrected chi connectivity index (χ2v) is 9.00. The first-order valence-corrected chi connectivity index (χ1v) is 12.0.